The number of likely N-dealkylation sites (tertiary alicyclic amines) is 1. The Morgan fingerprint density at radius 1 is 1.35 bits per heavy atom. The molecular weight excluding hydrogens is 208 g/mol. The molecule has 2 N–H and O–H groups in total. The highest BCUT2D eigenvalue weighted by atomic mass is 15.2. The molecule has 94 valence electrons. The topological polar surface area (TPSA) is 29.3 Å². The van der Waals surface area contributed by atoms with Gasteiger partial charge in [0.25, 0.3) is 0 Å². The first-order valence-corrected chi connectivity index (χ1v) is 6.64. The average molecular weight is 232 g/mol. The Bertz CT molecular complexity index is 375. The summed E-state index contributed by atoms with van der Waals surface area (Å²) in [6.45, 7) is 8.73. The third kappa shape index (κ3) is 2.53. The molecule has 0 aromatic heterocycles. The quantitative estimate of drug-likeness (QED) is 0.868. The van der Waals surface area contributed by atoms with Gasteiger partial charge in [-0.05, 0) is 37.3 Å². The summed E-state index contributed by atoms with van der Waals surface area (Å²) in [7, 11) is 0. The zero-order valence-corrected chi connectivity index (χ0v) is 11.2. The molecule has 0 spiro atoms. The molecule has 1 aliphatic heterocycles. The number of hydrogen-bond acceptors (Lipinski definition) is 2. The van der Waals surface area contributed by atoms with Crippen molar-refractivity contribution in [3.05, 3.63) is 35.4 Å². The van der Waals surface area contributed by atoms with Crippen molar-refractivity contribution in [2.24, 2.45) is 11.7 Å². The highest BCUT2D eigenvalue weighted by Crippen LogP contribution is 2.32. The lowest BCUT2D eigenvalue weighted by molar-refractivity contribution is 0.192. The first-order chi connectivity index (χ1) is 8.13. The van der Waals surface area contributed by atoms with Gasteiger partial charge in [0.15, 0.2) is 0 Å². The van der Waals surface area contributed by atoms with Gasteiger partial charge < -0.3 is 5.73 Å². The van der Waals surface area contributed by atoms with E-state index in [1.54, 1.807) is 0 Å². The minimum Gasteiger partial charge on any atom is -0.329 e. The molecule has 0 saturated carbocycles. The average Bonchev–Trinajstić information content (AvgIpc) is 2.62. The number of benzene rings is 1. The van der Waals surface area contributed by atoms with Crippen LogP contribution in [-0.2, 0) is 0 Å². The van der Waals surface area contributed by atoms with Crippen molar-refractivity contribution >= 4 is 0 Å². The van der Waals surface area contributed by atoms with E-state index in [-0.39, 0.29) is 0 Å². The number of rotatable bonds is 3. The van der Waals surface area contributed by atoms with Crippen LogP contribution in [-0.4, -0.2) is 24.0 Å². The van der Waals surface area contributed by atoms with Crippen LogP contribution in [0.15, 0.2) is 24.3 Å². The molecule has 0 aliphatic carbocycles. The van der Waals surface area contributed by atoms with E-state index in [0.29, 0.717) is 18.6 Å². The highest BCUT2D eigenvalue weighted by molar-refractivity contribution is 5.29. The molecule has 1 aromatic rings. The van der Waals surface area contributed by atoms with Gasteiger partial charge in [-0.2, -0.15) is 0 Å². The van der Waals surface area contributed by atoms with E-state index in [9.17, 15) is 0 Å². The van der Waals surface area contributed by atoms with Crippen LogP contribution in [0, 0.1) is 12.8 Å². The third-order valence-electron chi connectivity index (χ3n) is 4.00. The Labute approximate surface area is 105 Å². The Hall–Kier alpha value is -0.860. The Balaban J connectivity index is 2.25. The van der Waals surface area contributed by atoms with Gasteiger partial charge in [0.05, 0.1) is 0 Å². The van der Waals surface area contributed by atoms with Gasteiger partial charge in [0.2, 0.25) is 0 Å². The largest absolute Gasteiger partial charge is 0.329 e. The SMILES string of the molecule is Cc1ccccc1C(CN)N1CC(C)CC1C. The lowest BCUT2D eigenvalue weighted by Crippen LogP contribution is -2.36. The Morgan fingerprint density at radius 2 is 2.06 bits per heavy atom. The van der Waals surface area contributed by atoms with Crippen molar-refractivity contribution < 1.29 is 0 Å². The number of nitrogens with zero attached hydrogens (tertiary/aromatic N) is 1. The summed E-state index contributed by atoms with van der Waals surface area (Å²) in [6, 6.07) is 9.66. The minimum absolute atomic E-state index is 0.385. The second-order valence-corrected chi connectivity index (χ2v) is 5.49. The van der Waals surface area contributed by atoms with Crippen molar-refractivity contribution in [1.82, 2.24) is 4.90 Å². The van der Waals surface area contributed by atoms with Gasteiger partial charge in [-0.3, -0.25) is 4.90 Å². The standard InChI is InChI=1S/C15H24N2/c1-11-8-13(3)17(10-11)15(9-16)14-7-5-4-6-12(14)2/h4-7,11,13,15H,8-10,16H2,1-3H3. The van der Waals surface area contributed by atoms with E-state index in [2.05, 4.69) is 49.9 Å². The van der Waals surface area contributed by atoms with E-state index in [1.165, 1.54) is 24.1 Å². The summed E-state index contributed by atoms with van der Waals surface area (Å²) < 4.78 is 0. The molecular formula is C15H24N2. The molecule has 3 unspecified atom stereocenters. The first kappa shape index (κ1) is 12.6. The molecule has 1 heterocycles. The molecule has 2 rings (SSSR count). The van der Waals surface area contributed by atoms with Crippen LogP contribution in [0.25, 0.3) is 0 Å². The summed E-state index contributed by atoms with van der Waals surface area (Å²) in [5, 5.41) is 0. The van der Waals surface area contributed by atoms with Crippen LogP contribution in [0.1, 0.15) is 37.4 Å². The maximum atomic E-state index is 6.02. The predicted molar refractivity (Wildman–Crippen MR) is 72.9 cm³/mol. The first-order valence-electron chi connectivity index (χ1n) is 6.64. The second-order valence-electron chi connectivity index (χ2n) is 5.49. The lowest BCUT2D eigenvalue weighted by atomic mass is 9.99. The lowest BCUT2D eigenvalue weighted by Gasteiger charge is -2.32. The number of aryl methyl sites for hydroxylation is 1. The fourth-order valence-corrected chi connectivity index (χ4v) is 3.17. The van der Waals surface area contributed by atoms with Gasteiger partial charge in [-0.15, -0.1) is 0 Å². The van der Waals surface area contributed by atoms with Crippen molar-refractivity contribution in [1.29, 1.82) is 0 Å². The molecule has 0 bridgehead atoms. The summed E-state index contributed by atoms with van der Waals surface area (Å²) in [5.41, 5.74) is 8.77. The molecule has 2 nitrogen and oxygen atoms in total. The fraction of sp³-hybridized carbons (Fsp3) is 0.600. The van der Waals surface area contributed by atoms with Crippen molar-refractivity contribution in [2.75, 3.05) is 13.1 Å². The third-order valence-corrected chi connectivity index (χ3v) is 4.00. The molecule has 3 atom stereocenters. The van der Waals surface area contributed by atoms with E-state index in [0.717, 1.165) is 5.92 Å². The zero-order chi connectivity index (χ0) is 12.4. The molecule has 1 saturated heterocycles. The molecule has 2 heteroatoms. The van der Waals surface area contributed by atoms with E-state index in [1.807, 2.05) is 0 Å². The summed E-state index contributed by atoms with van der Waals surface area (Å²) in [4.78, 5) is 2.58. The van der Waals surface area contributed by atoms with Gasteiger partial charge in [-0.25, -0.2) is 0 Å². The highest BCUT2D eigenvalue weighted by Gasteiger charge is 2.32. The zero-order valence-electron chi connectivity index (χ0n) is 11.2. The normalized spacial score (nSPS) is 27.3. The molecule has 1 fully saturated rings. The molecule has 1 aromatic carbocycles. The summed E-state index contributed by atoms with van der Waals surface area (Å²) in [6.07, 6.45) is 1.29. The number of nitrogens with two attached hydrogens (primary N) is 1. The van der Waals surface area contributed by atoms with Crippen molar-refractivity contribution in [3.8, 4) is 0 Å². The van der Waals surface area contributed by atoms with Gasteiger partial charge >= 0.3 is 0 Å². The van der Waals surface area contributed by atoms with Gasteiger partial charge in [0, 0.05) is 25.2 Å². The van der Waals surface area contributed by atoms with Crippen LogP contribution in [0.5, 0.6) is 0 Å². The van der Waals surface area contributed by atoms with Crippen LogP contribution in [0.4, 0.5) is 0 Å². The van der Waals surface area contributed by atoms with Crippen molar-refractivity contribution in [2.45, 2.75) is 39.3 Å². The predicted octanol–water partition coefficient (Wildman–Crippen LogP) is 2.73. The Morgan fingerprint density at radius 3 is 2.59 bits per heavy atom. The van der Waals surface area contributed by atoms with Crippen LogP contribution < -0.4 is 5.73 Å². The van der Waals surface area contributed by atoms with Crippen molar-refractivity contribution in [3.63, 3.8) is 0 Å². The van der Waals surface area contributed by atoms with Gasteiger partial charge in [0.1, 0.15) is 0 Å². The van der Waals surface area contributed by atoms with Crippen LogP contribution in [0.3, 0.4) is 0 Å². The molecule has 0 radical (unpaired) electrons. The monoisotopic (exact) mass is 232 g/mol. The summed E-state index contributed by atoms with van der Waals surface area (Å²) >= 11 is 0. The van der Waals surface area contributed by atoms with E-state index < -0.39 is 0 Å². The fourth-order valence-electron chi connectivity index (χ4n) is 3.17. The van der Waals surface area contributed by atoms with Crippen LogP contribution >= 0.6 is 0 Å². The molecule has 0 amide bonds. The van der Waals surface area contributed by atoms with E-state index >= 15 is 0 Å². The number of hydrogen-bond donors (Lipinski definition) is 1. The van der Waals surface area contributed by atoms with Gasteiger partial charge in [-0.1, -0.05) is 31.2 Å². The van der Waals surface area contributed by atoms with Crippen LogP contribution in [0.2, 0.25) is 0 Å². The van der Waals surface area contributed by atoms with E-state index in [4.69, 9.17) is 5.73 Å². The maximum Gasteiger partial charge on any atom is 0.0476 e. The second kappa shape index (κ2) is 5.19. The Kier molecular flexibility index (Phi) is 3.85. The minimum atomic E-state index is 0.385. The molecule has 1 aliphatic rings. The maximum absolute atomic E-state index is 6.02. The molecule has 17 heavy (non-hydrogen) atoms. The summed E-state index contributed by atoms with van der Waals surface area (Å²) in [5.74, 6) is 0.795. The smallest absolute Gasteiger partial charge is 0.0476 e.